The van der Waals surface area contributed by atoms with Gasteiger partial charge in [-0.3, -0.25) is 9.59 Å². The summed E-state index contributed by atoms with van der Waals surface area (Å²) in [6, 6.07) is 23.2. The molecule has 5 nitrogen and oxygen atoms in total. The van der Waals surface area contributed by atoms with Gasteiger partial charge in [0.25, 0.3) is 5.91 Å². The number of para-hydroxylation sites is 1. The van der Waals surface area contributed by atoms with Crippen molar-refractivity contribution >= 4 is 23.2 Å². The SMILES string of the molecule is CC(=O)N1CCc2cc(NC(=O)COc3ccccc3-c3ccccc3)ccc21. The van der Waals surface area contributed by atoms with Gasteiger partial charge in [0.2, 0.25) is 5.91 Å². The Morgan fingerprint density at radius 2 is 1.76 bits per heavy atom. The number of anilines is 2. The van der Waals surface area contributed by atoms with E-state index >= 15 is 0 Å². The summed E-state index contributed by atoms with van der Waals surface area (Å²) >= 11 is 0. The van der Waals surface area contributed by atoms with E-state index in [4.69, 9.17) is 4.74 Å². The quantitative estimate of drug-likeness (QED) is 0.712. The molecule has 3 aromatic carbocycles. The Labute approximate surface area is 169 Å². The number of carbonyl (C=O) groups is 2. The molecule has 1 aliphatic rings. The van der Waals surface area contributed by atoms with Gasteiger partial charge in [0.15, 0.2) is 6.61 Å². The highest BCUT2D eigenvalue weighted by Gasteiger charge is 2.22. The van der Waals surface area contributed by atoms with Crippen molar-refractivity contribution < 1.29 is 14.3 Å². The first-order valence-electron chi connectivity index (χ1n) is 9.60. The first kappa shape index (κ1) is 18.7. The first-order valence-corrected chi connectivity index (χ1v) is 9.60. The van der Waals surface area contributed by atoms with Gasteiger partial charge >= 0.3 is 0 Å². The minimum Gasteiger partial charge on any atom is -0.483 e. The molecule has 0 aromatic heterocycles. The largest absolute Gasteiger partial charge is 0.483 e. The number of benzene rings is 3. The molecule has 0 radical (unpaired) electrons. The zero-order valence-corrected chi connectivity index (χ0v) is 16.2. The Kier molecular flexibility index (Phi) is 5.29. The zero-order chi connectivity index (χ0) is 20.2. The Bertz CT molecular complexity index is 1050. The van der Waals surface area contributed by atoms with Crippen LogP contribution >= 0.6 is 0 Å². The molecule has 0 saturated carbocycles. The minimum absolute atomic E-state index is 0.0333. The van der Waals surface area contributed by atoms with Crippen molar-refractivity contribution in [1.29, 1.82) is 0 Å². The normalized spacial score (nSPS) is 12.4. The number of nitrogens with one attached hydrogen (secondary N) is 1. The summed E-state index contributed by atoms with van der Waals surface area (Å²) in [6.07, 6.45) is 0.791. The van der Waals surface area contributed by atoms with E-state index in [1.54, 1.807) is 11.8 Å². The number of carbonyl (C=O) groups excluding carboxylic acids is 2. The highest BCUT2D eigenvalue weighted by atomic mass is 16.5. The summed E-state index contributed by atoms with van der Waals surface area (Å²) in [7, 11) is 0. The average Bonchev–Trinajstić information content (AvgIpc) is 3.17. The van der Waals surface area contributed by atoms with Crippen LogP contribution in [-0.4, -0.2) is 25.0 Å². The second-order valence-corrected chi connectivity index (χ2v) is 6.96. The van der Waals surface area contributed by atoms with Crippen LogP contribution in [0.1, 0.15) is 12.5 Å². The number of ether oxygens (including phenoxy) is 1. The molecule has 1 N–H and O–H groups in total. The van der Waals surface area contributed by atoms with Crippen molar-refractivity contribution in [1.82, 2.24) is 0 Å². The Morgan fingerprint density at radius 1 is 1.00 bits per heavy atom. The van der Waals surface area contributed by atoms with Crippen LogP contribution in [0.5, 0.6) is 5.75 Å². The summed E-state index contributed by atoms with van der Waals surface area (Å²) in [5, 5.41) is 2.88. The van der Waals surface area contributed by atoms with E-state index in [2.05, 4.69) is 5.32 Å². The van der Waals surface area contributed by atoms with E-state index in [1.807, 2.05) is 72.8 Å². The molecule has 0 unspecified atom stereocenters. The molecule has 3 aromatic rings. The maximum Gasteiger partial charge on any atom is 0.262 e. The topological polar surface area (TPSA) is 58.6 Å². The molecule has 1 heterocycles. The maximum atomic E-state index is 12.4. The molecule has 0 atom stereocenters. The van der Waals surface area contributed by atoms with Crippen LogP contribution in [0.3, 0.4) is 0 Å². The second kappa shape index (κ2) is 8.19. The summed E-state index contributed by atoms with van der Waals surface area (Å²) < 4.78 is 5.80. The summed E-state index contributed by atoms with van der Waals surface area (Å²) in [4.78, 5) is 25.8. The molecule has 5 heteroatoms. The lowest BCUT2D eigenvalue weighted by Gasteiger charge is -2.15. The molecular weight excluding hydrogens is 364 g/mol. The lowest BCUT2D eigenvalue weighted by atomic mass is 10.1. The van der Waals surface area contributed by atoms with Gasteiger partial charge in [0.05, 0.1) is 0 Å². The average molecular weight is 386 g/mol. The summed E-state index contributed by atoms with van der Waals surface area (Å²) in [6.45, 7) is 2.16. The lowest BCUT2D eigenvalue weighted by molar-refractivity contribution is -0.118. The van der Waals surface area contributed by atoms with Crippen LogP contribution in [0.25, 0.3) is 11.1 Å². The highest BCUT2D eigenvalue weighted by molar-refractivity contribution is 5.96. The lowest BCUT2D eigenvalue weighted by Crippen LogP contribution is -2.25. The number of nitrogens with zero attached hydrogens (tertiary/aromatic N) is 1. The fourth-order valence-corrected chi connectivity index (χ4v) is 3.60. The van der Waals surface area contributed by atoms with Crippen LogP contribution in [0.4, 0.5) is 11.4 Å². The zero-order valence-electron chi connectivity index (χ0n) is 16.2. The standard InChI is InChI=1S/C24H22N2O3/c1-17(27)26-14-13-19-15-20(11-12-22(19)26)25-24(28)16-29-23-10-6-5-9-21(23)18-7-3-2-4-8-18/h2-12,15H,13-14,16H2,1H3,(H,25,28). The molecular formula is C24H22N2O3. The van der Waals surface area contributed by atoms with Gasteiger partial charge in [-0.25, -0.2) is 0 Å². The monoisotopic (exact) mass is 386 g/mol. The van der Waals surface area contributed by atoms with Crippen LogP contribution in [-0.2, 0) is 16.0 Å². The summed E-state index contributed by atoms with van der Waals surface area (Å²) in [5.74, 6) is 0.472. The molecule has 29 heavy (non-hydrogen) atoms. The van der Waals surface area contributed by atoms with Gasteiger partial charge in [-0.15, -0.1) is 0 Å². The van der Waals surface area contributed by atoms with Gasteiger partial charge < -0.3 is 15.0 Å². The van der Waals surface area contributed by atoms with Gasteiger partial charge in [0.1, 0.15) is 5.75 Å². The Hall–Kier alpha value is -3.60. The molecule has 2 amide bonds. The van der Waals surface area contributed by atoms with E-state index in [9.17, 15) is 9.59 Å². The third-order valence-electron chi connectivity index (χ3n) is 4.97. The van der Waals surface area contributed by atoms with Gasteiger partial charge in [-0.1, -0.05) is 48.5 Å². The number of amides is 2. The second-order valence-electron chi connectivity index (χ2n) is 6.96. The molecule has 0 spiro atoms. The fraction of sp³-hybridized carbons (Fsp3) is 0.167. The van der Waals surface area contributed by atoms with Crippen LogP contribution < -0.4 is 15.0 Å². The van der Waals surface area contributed by atoms with Crippen LogP contribution in [0, 0.1) is 0 Å². The van der Waals surface area contributed by atoms with Crippen molar-refractivity contribution in [2.75, 3.05) is 23.4 Å². The van der Waals surface area contributed by atoms with E-state index in [1.165, 1.54) is 0 Å². The van der Waals surface area contributed by atoms with Gasteiger partial charge in [0, 0.05) is 30.4 Å². The van der Waals surface area contributed by atoms with Crippen molar-refractivity contribution in [3.63, 3.8) is 0 Å². The van der Waals surface area contributed by atoms with E-state index in [0.29, 0.717) is 18.0 Å². The summed E-state index contributed by atoms with van der Waals surface area (Å²) in [5.41, 5.74) is 4.68. The third-order valence-corrected chi connectivity index (χ3v) is 4.97. The van der Waals surface area contributed by atoms with Crippen molar-refractivity contribution in [3.8, 4) is 16.9 Å². The predicted molar refractivity (Wildman–Crippen MR) is 114 cm³/mol. The van der Waals surface area contributed by atoms with Crippen molar-refractivity contribution in [2.24, 2.45) is 0 Å². The maximum absolute atomic E-state index is 12.4. The molecule has 146 valence electrons. The smallest absolute Gasteiger partial charge is 0.262 e. The number of hydrogen-bond donors (Lipinski definition) is 1. The number of rotatable bonds is 5. The van der Waals surface area contributed by atoms with Crippen LogP contribution in [0.15, 0.2) is 72.8 Å². The van der Waals surface area contributed by atoms with Gasteiger partial charge in [-0.2, -0.15) is 0 Å². The van der Waals surface area contributed by atoms with Crippen molar-refractivity contribution in [3.05, 3.63) is 78.4 Å². The van der Waals surface area contributed by atoms with E-state index in [0.717, 1.165) is 28.8 Å². The van der Waals surface area contributed by atoms with Gasteiger partial charge in [-0.05, 0) is 41.8 Å². The predicted octanol–water partition coefficient (Wildman–Crippen LogP) is 4.28. The van der Waals surface area contributed by atoms with E-state index < -0.39 is 0 Å². The minimum atomic E-state index is -0.228. The van der Waals surface area contributed by atoms with E-state index in [-0.39, 0.29) is 18.4 Å². The Balaban J connectivity index is 1.41. The molecule has 0 bridgehead atoms. The van der Waals surface area contributed by atoms with Crippen LogP contribution in [0.2, 0.25) is 0 Å². The third kappa shape index (κ3) is 4.14. The van der Waals surface area contributed by atoms with Crippen molar-refractivity contribution in [2.45, 2.75) is 13.3 Å². The molecule has 0 aliphatic carbocycles. The first-order chi connectivity index (χ1) is 14.1. The molecule has 0 saturated heterocycles. The molecule has 4 rings (SSSR count). The number of fused-ring (bicyclic) bond motifs is 1. The number of hydrogen-bond acceptors (Lipinski definition) is 3. The molecule has 0 fully saturated rings. The fourth-order valence-electron chi connectivity index (χ4n) is 3.60. The molecule has 1 aliphatic heterocycles. The highest BCUT2D eigenvalue weighted by Crippen LogP contribution is 2.31. The Morgan fingerprint density at radius 3 is 2.55 bits per heavy atom.